The first-order chi connectivity index (χ1) is 16.5. The van der Waals surface area contributed by atoms with Crippen molar-refractivity contribution in [3.05, 3.63) is 42.0 Å². The SMILES string of the molecule is CC(C)C[C@@H](C(=O)O)N(C)C(c1ccc2c(c1)oc1ccc(N3CCN(C)CC3)cc12)C(F)(F)F. The lowest BCUT2D eigenvalue weighted by Crippen LogP contribution is -2.46. The Morgan fingerprint density at radius 3 is 2.34 bits per heavy atom. The highest BCUT2D eigenvalue weighted by molar-refractivity contribution is 6.06. The number of likely N-dealkylation sites (N-methyl/N-ethyl adjacent to an activating group) is 2. The van der Waals surface area contributed by atoms with Crippen LogP contribution in [0.15, 0.2) is 40.8 Å². The molecule has 6 nitrogen and oxygen atoms in total. The third kappa shape index (κ3) is 5.26. The average Bonchev–Trinajstić information content (AvgIpc) is 3.13. The Morgan fingerprint density at radius 2 is 1.74 bits per heavy atom. The molecule has 4 rings (SSSR count). The Kier molecular flexibility index (Phi) is 7.02. The first-order valence-electron chi connectivity index (χ1n) is 11.9. The number of alkyl halides is 3. The van der Waals surface area contributed by atoms with Gasteiger partial charge < -0.3 is 19.3 Å². The molecule has 0 aliphatic carbocycles. The molecule has 3 aromatic rings. The van der Waals surface area contributed by atoms with E-state index in [1.807, 2.05) is 18.2 Å². The molecule has 0 amide bonds. The second-order valence-electron chi connectivity index (χ2n) is 9.92. The summed E-state index contributed by atoms with van der Waals surface area (Å²) in [7, 11) is 3.32. The van der Waals surface area contributed by atoms with Crippen molar-refractivity contribution in [1.82, 2.24) is 9.80 Å². The largest absolute Gasteiger partial charge is 0.480 e. The topological polar surface area (TPSA) is 60.2 Å². The number of rotatable bonds is 7. The summed E-state index contributed by atoms with van der Waals surface area (Å²) in [5.41, 5.74) is 1.98. The summed E-state index contributed by atoms with van der Waals surface area (Å²) in [5, 5.41) is 11.2. The van der Waals surface area contributed by atoms with Crippen molar-refractivity contribution < 1.29 is 27.5 Å². The molecular formula is C26H32F3N3O3. The highest BCUT2D eigenvalue weighted by atomic mass is 19.4. The van der Waals surface area contributed by atoms with Gasteiger partial charge in [0.1, 0.15) is 23.2 Å². The van der Waals surface area contributed by atoms with E-state index in [0.717, 1.165) is 47.5 Å². The number of fused-ring (bicyclic) bond motifs is 3. The number of carboxylic acids is 1. The fourth-order valence-corrected chi connectivity index (χ4v) is 4.94. The van der Waals surface area contributed by atoms with Crippen LogP contribution in [-0.4, -0.2) is 73.4 Å². The number of nitrogens with zero attached hydrogens (tertiary/aromatic N) is 3. The number of hydrogen-bond acceptors (Lipinski definition) is 5. The fraction of sp³-hybridized carbons (Fsp3) is 0.500. The number of halogens is 3. The molecule has 1 aliphatic heterocycles. The van der Waals surface area contributed by atoms with Crippen molar-refractivity contribution in [3.63, 3.8) is 0 Å². The summed E-state index contributed by atoms with van der Waals surface area (Å²) >= 11 is 0. The predicted octanol–water partition coefficient (Wildman–Crippen LogP) is 5.37. The molecule has 0 radical (unpaired) electrons. The van der Waals surface area contributed by atoms with Crippen molar-refractivity contribution >= 4 is 33.6 Å². The van der Waals surface area contributed by atoms with Crippen LogP contribution < -0.4 is 4.90 Å². The molecule has 1 unspecified atom stereocenters. The smallest absolute Gasteiger partial charge is 0.408 e. The van der Waals surface area contributed by atoms with Crippen molar-refractivity contribution in [3.8, 4) is 0 Å². The number of piperazine rings is 1. The number of anilines is 1. The van der Waals surface area contributed by atoms with Gasteiger partial charge >= 0.3 is 12.1 Å². The number of benzene rings is 2. The van der Waals surface area contributed by atoms with E-state index in [4.69, 9.17) is 4.42 Å². The van der Waals surface area contributed by atoms with E-state index in [0.29, 0.717) is 11.2 Å². The fourth-order valence-electron chi connectivity index (χ4n) is 4.94. The van der Waals surface area contributed by atoms with Crippen LogP contribution in [-0.2, 0) is 4.79 Å². The minimum absolute atomic E-state index is 0.0409. The van der Waals surface area contributed by atoms with Gasteiger partial charge in [0.05, 0.1) is 0 Å². The van der Waals surface area contributed by atoms with Gasteiger partial charge in [0, 0.05) is 42.6 Å². The molecule has 1 N–H and O–H groups in total. The minimum Gasteiger partial charge on any atom is -0.480 e. The summed E-state index contributed by atoms with van der Waals surface area (Å²) in [4.78, 5) is 17.3. The Labute approximate surface area is 202 Å². The summed E-state index contributed by atoms with van der Waals surface area (Å²) in [6.07, 6.45) is -4.55. The molecule has 35 heavy (non-hydrogen) atoms. The van der Waals surface area contributed by atoms with Gasteiger partial charge in [0.15, 0.2) is 0 Å². The van der Waals surface area contributed by atoms with E-state index in [1.165, 1.54) is 19.2 Å². The van der Waals surface area contributed by atoms with E-state index in [1.54, 1.807) is 19.9 Å². The van der Waals surface area contributed by atoms with E-state index < -0.39 is 24.2 Å². The summed E-state index contributed by atoms with van der Waals surface area (Å²) in [6.45, 7) is 7.33. The Hall–Kier alpha value is -2.78. The number of furan rings is 1. The molecule has 190 valence electrons. The maximum Gasteiger partial charge on any atom is 0.408 e. The van der Waals surface area contributed by atoms with Gasteiger partial charge in [-0.15, -0.1) is 0 Å². The Morgan fingerprint density at radius 1 is 1.06 bits per heavy atom. The number of aliphatic carboxylic acids is 1. The zero-order valence-electron chi connectivity index (χ0n) is 20.5. The van der Waals surface area contributed by atoms with Gasteiger partial charge in [0.2, 0.25) is 0 Å². The molecule has 1 saturated heterocycles. The summed E-state index contributed by atoms with van der Waals surface area (Å²) < 4.78 is 48.6. The van der Waals surface area contributed by atoms with Crippen LogP contribution in [0.5, 0.6) is 0 Å². The van der Waals surface area contributed by atoms with Crippen molar-refractivity contribution in [2.24, 2.45) is 5.92 Å². The van der Waals surface area contributed by atoms with Crippen molar-refractivity contribution in [2.45, 2.75) is 38.5 Å². The lowest BCUT2D eigenvalue weighted by atomic mass is 9.97. The summed E-state index contributed by atoms with van der Waals surface area (Å²) in [6, 6.07) is 7.01. The quantitative estimate of drug-likeness (QED) is 0.479. The van der Waals surface area contributed by atoms with Crippen molar-refractivity contribution in [2.75, 3.05) is 45.2 Å². The van der Waals surface area contributed by atoms with Crippen LogP contribution in [0.4, 0.5) is 18.9 Å². The molecular weight excluding hydrogens is 459 g/mol. The molecule has 9 heteroatoms. The Balaban J connectivity index is 1.72. The molecule has 2 aromatic carbocycles. The maximum absolute atomic E-state index is 14.2. The molecule has 2 atom stereocenters. The highest BCUT2D eigenvalue weighted by Crippen LogP contribution is 2.41. The highest BCUT2D eigenvalue weighted by Gasteiger charge is 2.47. The van der Waals surface area contributed by atoms with Crippen LogP contribution in [0, 0.1) is 5.92 Å². The maximum atomic E-state index is 14.2. The van der Waals surface area contributed by atoms with Gasteiger partial charge in [0.25, 0.3) is 0 Å². The van der Waals surface area contributed by atoms with E-state index in [9.17, 15) is 23.1 Å². The molecule has 1 fully saturated rings. The van der Waals surface area contributed by atoms with Crippen LogP contribution >= 0.6 is 0 Å². The lowest BCUT2D eigenvalue weighted by Gasteiger charge is -2.35. The normalized spacial score (nSPS) is 17.6. The molecule has 0 bridgehead atoms. The molecule has 1 aromatic heterocycles. The van der Waals surface area contributed by atoms with E-state index in [2.05, 4.69) is 16.8 Å². The zero-order chi connectivity index (χ0) is 25.5. The average molecular weight is 492 g/mol. The minimum atomic E-state index is -4.66. The molecule has 1 aliphatic rings. The summed E-state index contributed by atoms with van der Waals surface area (Å²) in [5.74, 6) is -1.34. The predicted molar refractivity (Wildman–Crippen MR) is 131 cm³/mol. The third-order valence-corrected chi connectivity index (χ3v) is 6.85. The second kappa shape index (κ2) is 9.70. The van der Waals surface area contributed by atoms with Crippen LogP contribution in [0.2, 0.25) is 0 Å². The standard InChI is InChI=1S/C26H32F3N3O3/c1-16(2)13-21(25(33)34)31(4)24(26(27,28)29)17-5-7-19-20-15-18(32-11-9-30(3)10-12-32)6-8-22(20)35-23(19)14-17/h5-8,14-16,21,24H,9-13H2,1-4H3,(H,33,34)/t21-,24?/m0/s1. The van der Waals surface area contributed by atoms with Gasteiger partial charge in [-0.05, 0) is 56.3 Å². The first kappa shape index (κ1) is 25.3. The second-order valence-corrected chi connectivity index (χ2v) is 9.92. The Bertz CT molecular complexity index is 1200. The van der Waals surface area contributed by atoms with Gasteiger partial charge in [-0.3, -0.25) is 9.69 Å². The van der Waals surface area contributed by atoms with E-state index >= 15 is 0 Å². The van der Waals surface area contributed by atoms with Crippen molar-refractivity contribution in [1.29, 1.82) is 0 Å². The van der Waals surface area contributed by atoms with E-state index in [-0.39, 0.29) is 17.9 Å². The van der Waals surface area contributed by atoms with Crippen LogP contribution in [0.3, 0.4) is 0 Å². The van der Waals surface area contributed by atoms with Crippen LogP contribution in [0.25, 0.3) is 21.9 Å². The molecule has 0 saturated carbocycles. The first-order valence-corrected chi connectivity index (χ1v) is 11.9. The number of carboxylic acid groups (broad SMARTS) is 1. The van der Waals surface area contributed by atoms with Gasteiger partial charge in [-0.25, -0.2) is 0 Å². The monoisotopic (exact) mass is 491 g/mol. The number of carbonyl (C=O) groups is 1. The number of hydrogen-bond donors (Lipinski definition) is 1. The van der Waals surface area contributed by atoms with Crippen LogP contribution in [0.1, 0.15) is 31.9 Å². The lowest BCUT2D eigenvalue weighted by molar-refractivity contribution is -0.192. The van der Waals surface area contributed by atoms with Gasteiger partial charge in [-0.2, -0.15) is 13.2 Å². The van der Waals surface area contributed by atoms with Gasteiger partial charge in [-0.1, -0.05) is 26.0 Å². The molecule has 0 spiro atoms. The zero-order valence-corrected chi connectivity index (χ0v) is 20.5. The third-order valence-electron chi connectivity index (χ3n) is 6.85. The molecule has 2 heterocycles.